The van der Waals surface area contributed by atoms with E-state index < -0.39 is 0 Å². The van der Waals surface area contributed by atoms with Gasteiger partial charge in [-0.3, -0.25) is 4.68 Å². The van der Waals surface area contributed by atoms with E-state index in [1.54, 1.807) is 0 Å². The van der Waals surface area contributed by atoms with E-state index in [-0.39, 0.29) is 0 Å². The van der Waals surface area contributed by atoms with Gasteiger partial charge >= 0.3 is 0 Å². The predicted molar refractivity (Wildman–Crippen MR) is 101 cm³/mol. The molecule has 4 rings (SSSR count). The highest BCUT2D eigenvalue weighted by Crippen LogP contribution is 2.32. The largest absolute Gasteiger partial charge is 0.332 e. The Balaban J connectivity index is 1.35. The van der Waals surface area contributed by atoms with Crippen LogP contribution in [0.2, 0.25) is 0 Å². The van der Waals surface area contributed by atoms with Gasteiger partial charge in [-0.05, 0) is 44.2 Å². The molecule has 2 aliphatic rings. The highest BCUT2D eigenvalue weighted by atomic mass is 15.4. The van der Waals surface area contributed by atoms with E-state index in [1.807, 2.05) is 17.1 Å². The van der Waals surface area contributed by atoms with E-state index >= 15 is 0 Å². The van der Waals surface area contributed by atoms with E-state index in [0.717, 1.165) is 49.7 Å². The quantitative estimate of drug-likeness (QED) is 0.787. The number of piperazine rings is 1. The Bertz CT molecular complexity index is 710. The molecule has 0 N–H and O–H groups in total. The molecule has 2 bridgehead atoms. The molecule has 0 spiro atoms. The number of aromatic nitrogens is 5. The SMILES string of the molecule is CC(C)Cn1cc(CCc2cnc(N3C4CCC3CN(C)C4)nc2)nn1. The standard InChI is InChI=1S/C19H29N7/c1-14(2)10-25-11-16(22-23-25)5-4-15-8-20-19(21-9-15)26-17-6-7-18(26)13-24(3)12-17/h8-9,11,14,17-18H,4-7,10,12-13H2,1-3H3. The Morgan fingerprint density at radius 1 is 1.08 bits per heavy atom. The fourth-order valence-electron chi connectivity index (χ4n) is 4.24. The van der Waals surface area contributed by atoms with Gasteiger partial charge in [-0.1, -0.05) is 19.1 Å². The zero-order valence-electron chi connectivity index (χ0n) is 16.0. The maximum absolute atomic E-state index is 4.68. The number of rotatable bonds is 6. The normalized spacial score (nSPS) is 23.2. The molecule has 0 aromatic carbocycles. The Morgan fingerprint density at radius 3 is 2.42 bits per heavy atom. The topological polar surface area (TPSA) is 63.0 Å². The Hall–Kier alpha value is -2.02. The molecule has 7 heteroatoms. The lowest BCUT2D eigenvalue weighted by Gasteiger charge is -2.39. The monoisotopic (exact) mass is 355 g/mol. The summed E-state index contributed by atoms with van der Waals surface area (Å²) in [6, 6.07) is 1.14. The first-order chi connectivity index (χ1) is 12.6. The molecule has 2 aliphatic heterocycles. The highest BCUT2D eigenvalue weighted by Gasteiger charge is 2.40. The molecule has 0 saturated carbocycles. The molecule has 2 aromatic heterocycles. The lowest BCUT2D eigenvalue weighted by molar-refractivity contribution is 0.262. The number of aryl methyl sites for hydroxylation is 2. The number of anilines is 1. The highest BCUT2D eigenvalue weighted by molar-refractivity contribution is 5.37. The van der Waals surface area contributed by atoms with Crippen molar-refractivity contribution in [2.75, 3.05) is 25.0 Å². The summed E-state index contributed by atoms with van der Waals surface area (Å²) >= 11 is 0. The summed E-state index contributed by atoms with van der Waals surface area (Å²) in [6.07, 6.45) is 10.3. The first-order valence-corrected chi connectivity index (χ1v) is 9.75. The van der Waals surface area contributed by atoms with Gasteiger partial charge in [0, 0.05) is 50.3 Å². The number of hydrogen-bond donors (Lipinski definition) is 0. The van der Waals surface area contributed by atoms with Crippen LogP contribution in [0.3, 0.4) is 0 Å². The third-order valence-electron chi connectivity index (χ3n) is 5.40. The molecule has 26 heavy (non-hydrogen) atoms. The molecule has 7 nitrogen and oxygen atoms in total. The van der Waals surface area contributed by atoms with Gasteiger partial charge in [0.1, 0.15) is 0 Å². The van der Waals surface area contributed by atoms with Gasteiger partial charge in [-0.15, -0.1) is 5.10 Å². The molecule has 0 amide bonds. The lowest BCUT2D eigenvalue weighted by Crippen LogP contribution is -2.53. The molecule has 2 unspecified atom stereocenters. The molecule has 140 valence electrons. The van der Waals surface area contributed by atoms with Crippen molar-refractivity contribution in [1.29, 1.82) is 0 Å². The molecule has 0 radical (unpaired) electrons. The third-order valence-corrected chi connectivity index (χ3v) is 5.40. The van der Waals surface area contributed by atoms with Crippen molar-refractivity contribution in [2.45, 2.75) is 58.2 Å². The number of fused-ring (bicyclic) bond motifs is 2. The number of likely N-dealkylation sites (N-methyl/N-ethyl adjacent to an activating group) is 1. The van der Waals surface area contributed by atoms with Crippen LogP contribution < -0.4 is 4.90 Å². The molecule has 2 aromatic rings. The van der Waals surface area contributed by atoms with E-state index in [2.05, 4.69) is 57.2 Å². The summed E-state index contributed by atoms with van der Waals surface area (Å²) in [6.45, 7) is 7.53. The fourth-order valence-corrected chi connectivity index (χ4v) is 4.24. The van der Waals surface area contributed by atoms with Crippen LogP contribution in [0, 0.1) is 5.92 Å². The zero-order chi connectivity index (χ0) is 18.1. The third kappa shape index (κ3) is 3.72. The van der Waals surface area contributed by atoms with Crippen LogP contribution in [0.25, 0.3) is 0 Å². The van der Waals surface area contributed by atoms with Crippen LogP contribution >= 0.6 is 0 Å². The number of hydrogen-bond acceptors (Lipinski definition) is 6. The maximum atomic E-state index is 4.68. The van der Waals surface area contributed by atoms with E-state index in [4.69, 9.17) is 0 Å². The molecule has 0 aliphatic carbocycles. The second-order valence-corrected chi connectivity index (χ2v) is 8.23. The van der Waals surface area contributed by atoms with Crippen molar-refractivity contribution < 1.29 is 0 Å². The fraction of sp³-hybridized carbons (Fsp3) is 0.684. The number of nitrogens with zero attached hydrogens (tertiary/aromatic N) is 7. The Morgan fingerprint density at radius 2 is 1.77 bits per heavy atom. The second-order valence-electron chi connectivity index (χ2n) is 8.23. The van der Waals surface area contributed by atoms with Gasteiger partial charge in [-0.25, -0.2) is 9.97 Å². The average Bonchev–Trinajstić information content (AvgIpc) is 3.15. The van der Waals surface area contributed by atoms with Crippen molar-refractivity contribution >= 4 is 5.95 Å². The Labute approximate surface area is 155 Å². The van der Waals surface area contributed by atoms with Crippen molar-refractivity contribution in [3.63, 3.8) is 0 Å². The summed E-state index contributed by atoms with van der Waals surface area (Å²) in [4.78, 5) is 14.2. The van der Waals surface area contributed by atoms with Crippen LogP contribution in [0.5, 0.6) is 0 Å². The number of likely N-dealkylation sites (tertiary alicyclic amines) is 1. The average molecular weight is 355 g/mol. The molecule has 2 saturated heterocycles. The zero-order valence-corrected chi connectivity index (χ0v) is 16.0. The van der Waals surface area contributed by atoms with E-state index in [1.165, 1.54) is 12.8 Å². The minimum absolute atomic E-state index is 0.570. The first-order valence-electron chi connectivity index (χ1n) is 9.75. The lowest BCUT2D eigenvalue weighted by atomic mass is 10.1. The summed E-state index contributed by atoms with van der Waals surface area (Å²) in [5.41, 5.74) is 2.19. The summed E-state index contributed by atoms with van der Waals surface area (Å²) in [5, 5.41) is 8.47. The molecule has 2 fully saturated rings. The molecule has 4 heterocycles. The van der Waals surface area contributed by atoms with Gasteiger partial charge in [0.05, 0.1) is 5.69 Å². The molecular weight excluding hydrogens is 326 g/mol. The van der Waals surface area contributed by atoms with Crippen LogP contribution in [0.4, 0.5) is 5.95 Å². The van der Waals surface area contributed by atoms with Crippen molar-refractivity contribution in [3.05, 3.63) is 29.8 Å². The van der Waals surface area contributed by atoms with Crippen LogP contribution in [-0.4, -0.2) is 62.1 Å². The predicted octanol–water partition coefficient (Wildman–Crippen LogP) is 1.79. The van der Waals surface area contributed by atoms with Gasteiger partial charge < -0.3 is 9.80 Å². The molecular formula is C19H29N7. The smallest absolute Gasteiger partial charge is 0.225 e. The van der Waals surface area contributed by atoms with Crippen molar-refractivity contribution in [2.24, 2.45) is 5.92 Å². The van der Waals surface area contributed by atoms with Crippen LogP contribution in [0.1, 0.15) is 37.9 Å². The minimum Gasteiger partial charge on any atom is -0.332 e. The second kappa shape index (κ2) is 7.31. The first kappa shape index (κ1) is 17.4. The summed E-state index contributed by atoms with van der Waals surface area (Å²) < 4.78 is 1.93. The van der Waals surface area contributed by atoms with Crippen molar-refractivity contribution in [1.82, 2.24) is 29.9 Å². The van der Waals surface area contributed by atoms with E-state index in [9.17, 15) is 0 Å². The minimum atomic E-state index is 0.570. The van der Waals surface area contributed by atoms with Crippen molar-refractivity contribution in [3.8, 4) is 0 Å². The van der Waals surface area contributed by atoms with Crippen LogP contribution in [0.15, 0.2) is 18.6 Å². The van der Waals surface area contributed by atoms with Gasteiger partial charge in [0.25, 0.3) is 0 Å². The molecule has 2 atom stereocenters. The van der Waals surface area contributed by atoms with Gasteiger partial charge in [0.15, 0.2) is 0 Å². The van der Waals surface area contributed by atoms with E-state index in [0.29, 0.717) is 18.0 Å². The Kier molecular flexibility index (Phi) is 4.89. The summed E-state index contributed by atoms with van der Waals surface area (Å²) in [7, 11) is 2.21. The van der Waals surface area contributed by atoms with Crippen LogP contribution in [-0.2, 0) is 19.4 Å². The maximum Gasteiger partial charge on any atom is 0.225 e. The summed E-state index contributed by atoms with van der Waals surface area (Å²) in [5.74, 6) is 1.48. The van der Waals surface area contributed by atoms with Gasteiger partial charge in [0.2, 0.25) is 5.95 Å². The van der Waals surface area contributed by atoms with Gasteiger partial charge in [-0.2, -0.15) is 0 Å².